The van der Waals surface area contributed by atoms with Crippen molar-refractivity contribution in [2.75, 3.05) is 47.5 Å². The Morgan fingerprint density at radius 2 is 0.864 bits per heavy atom. The largest absolute Gasteiger partial charge is 0.472 e. The Labute approximate surface area is 405 Å². The predicted octanol–water partition coefficient (Wildman–Crippen LogP) is 15.9. The number of hydrogen-bond acceptors (Lipinski definition) is 7. The molecule has 2 atom stereocenters. The van der Waals surface area contributed by atoms with Crippen molar-refractivity contribution >= 4 is 19.8 Å². The van der Waals surface area contributed by atoms with E-state index in [0.717, 1.165) is 103 Å². The molecule has 0 bridgehead atoms. The van der Waals surface area contributed by atoms with Crippen LogP contribution in [0.5, 0.6) is 0 Å². The Morgan fingerprint density at radius 3 is 1.30 bits per heavy atom. The summed E-state index contributed by atoms with van der Waals surface area (Å²) in [5.41, 5.74) is 0. The SMILES string of the molecule is CC/C=C\C/C=C\C/C=C\C/C=C\C/C=C\C/C=C\CCCCCCCCCCCCC(=O)OC(COC(=O)CCCCCCC/C=C\CCCCCC)COP(=O)(O)OCC[N+](C)(C)C. The number of ether oxygens (including phenoxy) is 2. The van der Waals surface area contributed by atoms with Gasteiger partial charge in [-0.25, -0.2) is 4.57 Å². The highest BCUT2D eigenvalue weighted by Crippen LogP contribution is 2.43. The molecule has 0 aromatic carbocycles. The van der Waals surface area contributed by atoms with Gasteiger partial charge in [-0.1, -0.05) is 189 Å². The summed E-state index contributed by atoms with van der Waals surface area (Å²) in [6, 6.07) is 0. The molecule has 0 heterocycles. The van der Waals surface area contributed by atoms with Gasteiger partial charge < -0.3 is 18.9 Å². The summed E-state index contributed by atoms with van der Waals surface area (Å²) in [4.78, 5) is 35.5. The summed E-state index contributed by atoms with van der Waals surface area (Å²) in [6.07, 6.45) is 62.1. The van der Waals surface area contributed by atoms with Gasteiger partial charge in [-0.05, 0) is 89.9 Å². The summed E-state index contributed by atoms with van der Waals surface area (Å²) in [5.74, 6) is -0.817. The number of phosphoric ester groups is 1. The van der Waals surface area contributed by atoms with E-state index in [4.69, 9.17) is 18.5 Å². The number of esters is 2. The zero-order valence-corrected chi connectivity index (χ0v) is 43.8. The Balaban J connectivity index is 4.19. The minimum atomic E-state index is -4.39. The number of rotatable bonds is 47. The summed E-state index contributed by atoms with van der Waals surface area (Å²) < 4.78 is 34.4. The molecule has 0 saturated carbocycles. The molecule has 380 valence electrons. The fourth-order valence-corrected chi connectivity index (χ4v) is 7.58. The fraction of sp³-hybridized carbons (Fsp3) is 0.714. The normalized spacial score (nSPS) is 14.1. The van der Waals surface area contributed by atoms with E-state index in [9.17, 15) is 19.0 Å². The van der Waals surface area contributed by atoms with Crippen molar-refractivity contribution in [2.24, 2.45) is 0 Å². The minimum absolute atomic E-state index is 0.0261. The minimum Gasteiger partial charge on any atom is -0.462 e. The molecule has 9 nitrogen and oxygen atoms in total. The highest BCUT2D eigenvalue weighted by molar-refractivity contribution is 7.47. The first-order chi connectivity index (χ1) is 32.0. The van der Waals surface area contributed by atoms with Crippen molar-refractivity contribution in [3.8, 4) is 0 Å². The van der Waals surface area contributed by atoms with Crippen LogP contribution >= 0.6 is 7.82 Å². The maximum absolute atomic E-state index is 12.8. The molecule has 0 rings (SSSR count). The van der Waals surface area contributed by atoms with Crippen LogP contribution in [0.4, 0.5) is 0 Å². The molecule has 1 N–H and O–H groups in total. The predicted molar refractivity (Wildman–Crippen MR) is 279 cm³/mol. The quantitative estimate of drug-likeness (QED) is 0.0211. The van der Waals surface area contributed by atoms with Crippen molar-refractivity contribution in [3.05, 3.63) is 85.1 Å². The van der Waals surface area contributed by atoms with Crippen LogP contribution in [0.25, 0.3) is 0 Å². The fourth-order valence-electron chi connectivity index (χ4n) is 6.84. The summed E-state index contributed by atoms with van der Waals surface area (Å²) in [5, 5.41) is 0. The molecular weight excluding hydrogens is 846 g/mol. The highest BCUT2D eigenvalue weighted by Gasteiger charge is 2.27. The van der Waals surface area contributed by atoms with E-state index < -0.39 is 26.5 Å². The van der Waals surface area contributed by atoms with E-state index in [1.165, 1.54) is 70.6 Å². The molecule has 0 aromatic heterocycles. The topological polar surface area (TPSA) is 108 Å². The molecule has 0 aliphatic heterocycles. The van der Waals surface area contributed by atoms with Gasteiger partial charge in [0.05, 0.1) is 27.7 Å². The van der Waals surface area contributed by atoms with Gasteiger partial charge in [-0.3, -0.25) is 18.6 Å². The zero-order valence-electron chi connectivity index (χ0n) is 42.9. The van der Waals surface area contributed by atoms with Crippen molar-refractivity contribution in [2.45, 2.75) is 213 Å². The van der Waals surface area contributed by atoms with Crippen molar-refractivity contribution in [1.82, 2.24) is 0 Å². The average molecular weight is 945 g/mol. The van der Waals surface area contributed by atoms with Crippen LogP contribution in [0.2, 0.25) is 0 Å². The van der Waals surface area contributed by atoms with Gasteiger partial charge in [-0.15, -0.1) is 0 Å². The van der Waals surface area contributed by atoms with E-state index in [0.29, 0.717) is 17.4 Å². The number of nitrogens with zero attached hydrogens (tertiary/aromatic N) is 1. The van der Waals surface area contributed by atoms with Crippen LogP contribution in [0.15, 0.2) is 85.1 Å². The van der Waals surface area contributed by atoms with Gasteiger partial charge in [0, 0.05) is 12.8 Å². The summed E-state index contributed by atoms with van der Waals surface area (Å²) in [7, 11) is 1.46. The summed E-state index contributed by atoms with van der Waals surface area (Å²) >= 11 is 0. The second-order valence-corrected chi connectivity index (χ2v) is 20.0. The third-order valence-corrected chi connectivity index (χ3v) is 11.9. The molecule has 66 heavy (non-hydrogen) atoms. The molecular formula is C56H99NO8P+. The molecule has 0 saturated heterocycles. The number of quaternary nitrogens is 1. The second kappa shape index (κ2) is 47.3. The van der Waals surface area contributed by atoms with E-state index in [2.05, 4.69) is 98.9 Å². The third kappa shape index (κ3) is 50.6. The second-order valence-electron chi connectivity index (χ2n) is 18.5. The Kier molecular flexibility index (Phi) is 45.3. The number of carbonyl (C=O) groups is 2. The first-order valence-corrected chi connectivity index (χ1v) is 27.8. The van der Waals surface area contributed by atoms with E-state index in [1.807, 2.05) is 21.1 Å². The van der Waals surface area contributed by atoms with Gasteiger partial charge in [0.1, 0.15) is 19.8 Å². The Hall–Kier alpha value is -2.81. The van der Waals surface area contributed by atoms with Crippen LogP contribution in [-0.4, -0.2) is 74.9 Å². The molecule has 0 aromatic rings. The lowest BCUT2D eigenvalue weighted by molar-refractivity contribution is -0.870. The molecule has 0 aliphatic carbocycles. The number of likely N-dealkylation sites (N-methyl/N-ethyl adjacent to an activating group) is 1. The van der Waals surface area contributed by atoms with Gasteiger partial charge >= 0.3 is 19.8 Å². The number of hydrogen-bond donors (Lipinski definition) is 1. The van der Waals surface area contributed by atoms with Crippen molar-refractivity contribution < 1.29 is 42.1 Å². The molecule has 10 heteroatoms. The summed E-state index contributed by atoms with van der Waals surface area (Å²) in [6.45, 7) is 4.28. The number of phosphoric acid groups is 1. The maximum atomic E-state index is 12.8. The van der Waals surface area contributed by atoms with Gasteiger partial charge in [-0.2, -0.15) is 0 Å². The number of allylic oxidation sites excluding steroid dienone is 14. The first-order valence-electron chi connectivity index (χ1n) is 26.3. The van der Waals surface area contributed by atoms with Crippen LogP contribution < -0.4 is 0 Å². The lowest BCUT2D eigenvalue weighted by Crippen LogP contribution is -2.37. The molecule has 0 radical (unpaired) electrons. The van der Waals surface area contributed by atoms with E-state index in [-0.39, 0.29) is 32.0 Å². The van der Waals surface area contributed by atoms with Crippen molar-refractivity contribution in [1.29, 1.82) is 0 Å². The molecule has 0 fully saturated rings. The molecule has 0 spiro atoms. The maximum Gasteiger partial charge on any atom is 0.472 e. The molecule has 0 aliphatic rings. The van der Waals surface area contributed by atoms with E-state index in [1.54, 1.807) is 0 Å². The number of carbonyl (C=O) groups excluding carboxylic acids is 2. The van der Waals surface area contributed by atoms with Crippen LogP contribution in [0.3, 0.4) is 0 Å². The van der Waals surface area contributed by atoms with Crippen LogP contribution in [0, 0.1) is 0 Å². The van der Waals surface area contributed by atoms with E-state index >= 15 is 0 Å². The number of unbranched alkanes of at least 4 members (excludes halogenated alkanes) is 19. The van der Waals surface area contributed by atoms with Crippen molar-refractivity contribution in [3.63, 3.8) is 0 Å². The average Bonchev–Trinajstić information content (AvgIpc) is 3.27. The highest BCUT2D eigenvalue weighted by atomic mass is 31.2. The Bertz CT molecular complexity index is 1390. The van der Waals surface area contributed by atoms with Crippen LogP contribution in [0.1, 0.15) is 206 Å². The standard InChI is InChI=1S/C56H98NO8P/c1-6-8-10-12-14-16-18-20-21-22-23-24-25-26-27-28-29-30-31-32-33-34-35-37-39-41-43-45-47-49-56(59)65-54(53-64-66(60,61)63-51-50-57(3,4)5)52-62-55(58)48-46-44-42-40-38-36-19-17-15-13-11-9-7-2/h8,10,14,16-17,19-21,23-24,26-27,29-30,54H,6-7,9,11-13,15,18,22,25,28,31-53H2,1-5H3/p+1/b10-8-,16-14-,19-17-,21-20-,24-23-,27-26-,30-29-. The Morgan fingerprint density at radius 1 is 0.485 bits per heavy atom. The zero-order chi connectivity index (χ0) is 48.5. The van der Waals surface area contributed by atoms with Gasteiger partial charge in [0.2, 0.25) is 0 Å². The first kappa shape index (κ1) is 63.2. The van der Waals surface area contributed by atoms with Gasteiger partial charge in [0.15, 0.2) is 6.10 Å². The molecule has 2 unspecified atom stereocenters. The monoisotopic (exact) mass is 945 g/mol. The molecule has 0 amide bonds. The van der Waals surface area contributed by atoms with Gasteiger partial charge in [0.25, 0.3) is 0 Å². The smallest absolute Gasteiger partial charge is 0.462 e. The lowest BCUT2D eigenvalue weighted by atomic mass is 10.0. The van der Waals surface area contributed by atoms with Crippen LogP contribution in [-0.2, 0) is 32.7 Å². The third-order valence-electron chi connectivity index (χ3n) is 10.9. The lowest BCUT2D eigenvalue weighted by Gasteiger charge is -2.24.